The van der Waals surface area contributed by atoms with E-state index in [1.807, 2.05) is 20.8 Å². The molecule has 1 heterocycles. The van der Waals surface area contributed by atoms with Crippen molar-refractivity contribution in [2.24, 2.45) is 0 Å². The van der Waals surface area contributed by atoms with Crippen molar-refractivity contribution in [3.8, 4) is 0 Å². The molecule has 1 amide bonds. The number of hydrogen-bond donors (Lipinski definition) is 4. The zero-order chi connectivity index (χ0) is 15.9. The molecule has 0 bridgehead atoms. The minimum atomic E-state index is -1.02. The van der Waals surface area contributed by atoms with E-state index in [0.717, 1.165) is 5.69 Å². The second kappa shape index (κ2) is 7.78. The third-order valence-corrected chi connectivity index (χ3v) is 2.90. The largest absolute Gasteiger partial charge is 0.480 e. The molecule has 118 valence electrons. The van der Waals surface area contributed by atoms with Crippen LogP contribution in [0, 0.1) is 0 Å². The standard InChI is InChI=1S/C14H24N4O3/c1-14(2,3)17-7-6-12(19)18-11(13(20)21)5-4-10-8-15-9-16-10/h8-9,11,17H,4-7H2,1-3H3,(H,15,16)(H,18,19)(H,20,21)/t11-/m0/s1. The number of carboxylic acid groups (broad SMARTS) is 1. The molecule has 0 aliphatic rings. The topological polar surface area (TPSA) is 107 Å². The molecule has 7 heteroatoms. The van der Waals surface area contributed by atoms with Crippen LogP contribution in [-0.4, -0.2) is 45.1 Å². The predicted octanol–water partition coefficient (Wildman–Crippen LogP) is 0.690. The van der Waals surface area contributed by atoms with Gasteiger partial charge < -0.3 is 20.7 Å². The lowest BCUT2D eigenvalue weighted by atomic mass is 10.1. The Morgan fingerprint density at radius 3 is 2.67 bits per heavy atom. The number of H-pyrrole nitrogens is 1. The summed E-state index contributed by atoms with van der Waals surface area (Å²) in [7, 11) is 0. The van der Waals surface area contributed by atoms with E-state index in [2.05, 4.69) is 20.6 Å². The zero-order valence-electron chi connectivity index (χ0n) is 12.8. The van der Waals surface area contributed by atoms with Crippen molar-refractivity contribution in [3.63, 3.8) is 0 Å². The van der Waals surface area contributed by atoms with Gasteiger partial charge in [0.25, 0.3) is 0 Å². The molecular formula is C14H24N4O3. The lowest BCUT2D eigenvalue weighted by Crippen LogP contribution is -2.43. The number of imidazole rings is 1. The van der Waals surface area contributed by atoms with Gasteiger partial charge in [0.15, 0.2) is 0 Å². The van der Waals surface area contributed by atoms with Crippen LogP contribution < -0.4 is 10.6 Å². The van der Waals surface area contributed by atoms with E-state index >= 15 is 0 Å². The van der Waals surface area contributed by atoms with E-state index in [9.17, 15) is 9.59 Å². The molecule has 0 saturated carbocycles. The Morgan fingerprint density at radius 1 is 1.43 bits per heavy atom. The molecule has 0 fully saturated rings. The maximum absolute atomic E-state index is 11.8. The Kier molecular flexibility index (Phi) is 6.36. The fourth-order valence-electron chi connectivity index (χ4n) is 1.80. The maximum atomic E-state index is 11.8. The van der Waals surface area contributed by atoms with Crippen LogP contribution >= 0.6 is 0 Å². The van der Waals surface area contributed by atoms with Crippen molar-refractivity contribution in [1.29, 1.82) is 0 Å². The van der Waals surface area contributed by atoms with E-state index in [1.54, 1.807) is 12.5 Å². The van der Waals surface area contributed by atoms with Gasteiger partial charge in [-0.1, -0.05) is 0 Å². The molecule has 0 aromatic carbocycles. The smallest absolute Gasteiger partial charge is 0.326 e. The summed E-state index contributed by atoms with van der Waals surface area (Å²) in [5.41, 5.74) is 0.789. The third kappa shape index (κ3) is 7.45. The monoisotopic (exact) mass is 296 g/mol. The highest BCUT2D eigenvalue weighted by Crippen LogP contribution is 2.03. The summed E-state index contributed by atoms with van der Waals surface area (Å²) in [6.45, 7) is 6.54. The maximum Gasteiger partial charge on any atom is 0.326 e. The summed E-state index contributed by atoms with van der Waals surface area (Å²) < 4.78 is 0. The molecule has 21 heavy (non-hydrogen) atoms. The molecule has 1 rings (SSSR count). The van der Waals surface area contributed by atoms with Gasteiger partial charge in [0.1, 0.15) is 6.04 Å². The summed E-state index contributed by atoms with van der Waals surface area (Å²) in [5, 5.41) is 14.9. The minimum Gasteiger partial charge on any atom is -0.480 e. The number of aromatic nitrogens is 2. The SMILES string of the molecule is CC(C)(C)NCCC(=O)N[C@@H](CCc1cnc[nH]1)C(=O)O. The molecule has 0 saturated heterocycles. The molecule has 0 aliphatic heterocycles. The lowest BCUT2D eigenvalue weighted by Gasteiger charge is -2.20. The van der Waals surface area contributed by atoms with Gasteiger partial charge in [-0.2, -0.15) is 0 Å². The van der Waals surface area contributed by atoms with Crippen LogP contribution in [0.2, 0.25) is 0 Å². The fraction of sp³-hybridized carbons (Fsp3) is 0.643. The van der Waals surface area contributed by atoms with Crippen molar-refractivity contribution < 1.29 is 14.7 Å². The molecule has 0 unspecified atom stereocenters. The van der Waals surface area contributed by atoms with Crippen LogP contribution in [0.4, 0.5) is 0 Å². The Bertz CT molecular complexity index is 451. The first kappa shape index (κ1) is 17.2. The first-order valence-corrected chi connectivity index (χ1v) is 7.02. The average Bonchev–Trinajstić information content (AvgIpc) is 2.85. The van der Waals surface area contributed by atoms with Gasteiger partial charge in [-0.3, -0.25) is 4.79 Å². The molecule has 1 aromatic heterocycles. The Labute approximate surface area is 124 Å². The number of hydrogen-bond acceptors (Lipinski definition) is 4. The van der Waals surface area contributed by atoms with Gasteiger partial charge in [-0.25, -0.2) is 9.78 Å². The first-order chi connectivity index (χ1) is 9.78. The Morgan fingerprint density at radius 2 is 2.14 bits per heavy atom. The van der Waals surface area contributed by atoms with Crippen molar-refractivity contribution in [2.45, 2.75) is 51.6 Å². The number of carbonyl (C=O) groups excluding carboxylic acids is 1. The highest BCUT2D eigenvalue weighted by molar-refractivity contribution is 5.83. The quantitative estimate of drug-likeness (QED) is 0.564. The van der Waals surface area contributed by atoms with Gasteiger partial charge in [0.2, 0.25) is 5.91 Å². The first-order valence-electron chi connectivity index (χ1n) is 7.02. The summed E-state index contributed by atoms with van der Waals surface area (Å²) in [4.78, 5) is 29.7. The number of aryl methyl sites for hydroxylation is 1. The van der Waals surface area contributed by atoms with Crippen LogP contribution in [0.25, 0.3) is 0 Å². The number of nitrogens with one attached hydrogen (secondary N) is 3. The molecule has 1 atom stereocenters. The average molecular weight is 296 g/mol. The van der Waals surface area contributed by atoms with Crippen molar-refractivity contribution in [1.82, 2.24) is 20.6 Å². The number of carbonyl (C=O) groups is 2. The molecule has 7 nitrogen and oxygen atoms in total. The van der Waals surface area contributed by atoms with E-state index in [4.69, 9.17) is 5.11 Å². The van der Waals surface area contributed by atoms with Gasteiger partial charge in [-0.15, -0.1) is 0 Å². The van der Waals surface area contributed by atoms with Crippen LogP contribution in [0.3, 0.4) is 0 Å². The van der Waals surface area contributed by atoms with Crippen LogP contribution in [0.5, 0.6) is 0 Å². The van der Waals surface area contributed by atoms with Gasteiger partial charge in [0, 0.05) is 30.4 Å². The Hall–Kier alpha value is -1.89. The van der Waals surface area contributed by atoms with Crippen LogP contribution in [-0.2, 0) is 16.0 Å². The van der Waals surface area contributed by atoms with Crippen molar-refractivity contribution in [2.75, 3.05) is 6.54 Å². The highest BCUT2D eigenvalue weighted by atomic mass is 16.4. The van der Waals surface area contributed by atoms with E-state index in [-0.39, 0.29) is 17.9 Å². The predicted molar refractivity (Wildman–Crippen MR) is 78.8 cm³/mol. The molecule has 0 radical (unpaired) electrons. The molecule has 4 N–H and O–H groups in total. The molecular weight excluding hydrogens is 272 g/mol. The molecule has 0 aliphatic carbocycles. The number of rotatable bonds is 8. The zero-order valence-corrected chi connectivity index (χ0v) is 12.8. The molecule has 1 aromatic rings. The van der Waals surface area contributed by atoms with Gasteiger partial charge >= 0.3 is 5.97 Å². The number of aromatic amines is 1. The second-order valence-electron chi connectivity index (χ2n) is 6.00. The summed E-state index contributed by atoms with van der Waals surface area (Å²) in [6, 6.07) is -0.879. The number of nitrogens with zero attached hydrogens (tertiary/aromatic N) is 1. The van der Waals surface area contributed by atoms with Crippen LogP contribution in [0.15, 0.2) is 12.5 Å². The van der Waals surface area contributed by atoms with Crippen molar-refractivity contribution in [3.05, 3.63) is 18.2 Å². The van der Waals surface area contributed by atoms with Gasteiger partial charge in [-0.05, 0) is 33.6 Å². The number of amides is 1. The second-order valence-corrected chi connectivity index (χ2v) is 6.00. The van der Waals surface area contributed by atoms with Crippen molar-refractivity contribution >= 4 is 11.9 Å². The van der Waals surface area contributed by atoms with E-state index < -0.39 is 12.0 Å². The number of aliphatic carboxylic acids is 1. The lowest BCUT2D eigenvalue weighted by molar-refractivity contribution is -0.142. The summed E-state index contributed by atoms with van der Waals surface area (Å²) in [6.07, 6.45) is 4.30. The Balaban J connectivity index is 2.36. The van der Waals surface area contributed by atoms with E-state index in [0.29, 0.717) is 19.4 Å². The fourth-order valence-corrected chi connectivity index (χ4v) is 1.80. The molecule has 0 spiro atoms. The summed E-state index contributed by atoms with van der Waals surface area (Å²) >= 11 is 0. The van der Waals surface area contributed by atoms with Gasteiger partial charge in [0.05, 0.1) is 6.33 Å². The third-order valence-electron chi connectivity index (χ3n) is 2.90. The number of carboxylic acids is 1. The minimum absolute atomic E-state index is 0.0624. The summed E-state index contributed by atoms with van der Waals surface area (Å²) in [5.74, 6) is -1.28. The van der Waals surface area contributed by atoms with E-state index in [1.165, 1.54) is 0 Å². The highest BCUT2D eigenvalue weighted by Gasteiger charge is 2.20. The van der Waals surface area contributed by atoms with Crippen LogP contribution in [0.1, 0.15) is 39.3 Å². The normalized spacial score (nSPS) is 12.9.